The Kier molecular flexibility index (Phi) is 6.86. The molecular weight excluding hydrogens is 520 g/mol. The van der Waals surface area contributed by atoms with Crippen LogP contribution >= 0.6 is 11.3 Å². The number of amides is 1. The number of furan rings is 1. The number of piperidine rings is 1. The maximum Gasteiger partial charge on any atom is 0.245 e. The summed E-state index contributed by atoms with van der Waals surface area (Å²) in [6, 6.07) is 9.99. The Labute approximate surface area is 217 Å². The van der Waals surface area contributed by atoms with Crippen LogP contribution in [-0.2, 0) is 21.4 Å². The van der Waals surface area contributed by atoms with Crippen LogP contribution < -0.4 is 4.90 Å². The molecule has 11 heteroatoms. The standard InChI is InChI=1S/C26H25F2N3O4S2/c1-16-12-22-23(13-17(16)2)36-26(29-22)31(15-20-4-3-11-35-20)25(32)18-7-9-30(10-8-18)37(33,34)24-6-5-19(27)14-21(24)28/h3-6,11-14,18H,7-10,15H2,1-2H3. The number of sulfonamides is 1. The number of nitrogens with zero attached hydrogens (tertiary/aromatic N) is 3. The van der Waals surface area contributed by atoms with Crippen LogP contribution in [0.15, 0.2) is 58.0 Å². The highest BCUT2D eigenvalue weighted by Crippen LogP contribution is 2.34. The molecule has 1 aliphatic rings. The first-order chi connectivity index (χ1) is 17.6. The lowest BCUT2D eigenvalue weighted by Crippen LogP contribution is -2.44. The Morgan fingerprint density at radius 2 is 1.86 bits per heavy atom. The normalized spacial score (nSPS) is 15.4. The van der Waals surface area contributed by atoms with E-state index >= 15 is 0 Å². The molecule has 0 aliphatic carbocycles. The van der Waals surface area contributed by atoms with Gasteiger partial charge < -0.3 is 4.42 Å². The second kappa shape index (κ2) is 9.96. The molecule has 0 spiro atoms. The van der Waals surface area contributed by atoms with Gasteiger partial charge in [0.25, 0.3) is 0 Å². The van der Waals surface area contributed by atoms with Gasteiger partial charge >= 0.3 is 0 Å². The van der Waals surface area contributed by atoms with Crippen molar-refractivity contribution in [3.8, 4) is 0 Å². The molecular formula is C26H25F2N3O4S2. The molecule has 2 aromatic carbocycles. The Hall–Kier alpha value is -3.15. The molecule has 1 fully saturated rings. The van der Waals surface area contributed by atoms with Crippen LogP contribution in [0.2, 0.25) is 0 Å². The van der Waals surface area contributed by atoms with Crippen LogP contribution in [0.5, 0.6) is 0 Å². The highest BCUT2D eigenvalue weighted by molar-refractivity contribution is 7.89. The number of aryl methyl sites for hydroxylation is 2. The number of thiazole rings is 1. The van der Waals surface area contributed by atoms with Crippen molar-refractivity contribution in [3.63, 3.8) is 0 Å². The number of carbonyl (C=O) groups excluding carboxylic acids is 1. The molecule has 0 unspecified atom stereocenters. The number of fused-ring (bicyclic) bond motifs is 1. The summed E-state index contributed by atoms with van der Waals surface area (Å²) >= 11 is 1.42. The summed E-state index contributed by atoms with van der Waals surface area (Å²) in [6.07, 6.45) is 2.07. The largest absolute Gasteiger partial charge is 0.467 e. The average Bonchev–Trinajstić information content (AvgIpc) is 3.52. The van der Waals surface area contributed by atoms with E-state index in [1.165, 1.54) is 11.3 Å². The molecule has 5 rings (SSSR count). The van der Waals surface area contributed by atoms with Crippen molar-refractivity contribution in [2.75, 3.05) is 18.0 Å². The summed E-state index contributed by atoms with van der Waals surface area (Å²) in [5, 5.41) is 0.546. The van der Waals surface area contributed by atoms with Gasteiger partial charge in [-0.15, -0.1) is 0 Å². The number of carbonyl (C=O) groups is 1. The third-order valence-electron chi connectivity index (χ3n) is 6.70. The van der Waals surface area contributed by atoms with Crippen molar-refractivity contribution in [1.82, 2.24) is 9.29 Å². The molecule has 3 heterocycles. The fourth-order valence-electron chi connectivity index (χ4n) is 4.47. The SMILES string of the molecule is Cc1cc2nc(N(Cc3ccco3)C(=O)C3CCN(S(=O)(=O)c4ccc(F)cc4F)CC3)sc2cc1C. The Morgan fingerprint density at radius 3 is 2.54 bits per heavy atom. The summed E-state index contributed by atoms with van der Waals surface area (Å²) in [5.74, 6) is -2.00. The van der Waals surface area contributed by atoms with E-state index in [9.17, 15) is 22.0 Å². The summed E-state index contributed by atoms with van der Waals surface area (Å²) in [6.45, 7) is 4.33. The molecule has 4 aromatic rings. The van der Waals surface area contributed by atoms with Gasteiger partial charge in [0.15, 0.2) is 5.13 Å². The first-order valence-corrected chi connectivity index (χ1v) is 14.1. The number of hydrogen-bond donors (Lipinski definition) is 0. The minimum atomic E-state index is -4.16. The molecule has 194 valence electrons. The van der Waals surface area contributed by atoms with Gasteiger partial charge in [0.05, 0.1) is 23.0 Å². The summed E-state index contributed by atoms with van der Waals surface area (Å²) in [5.41, 5.74) is 3.06. The lowest BCUT2D eigenvalue weighted by Gasteiger charge is -2.32. The van der Waals surface area contributed by atoms with E-state index in [1.807, 2.05) is 19.9 Å². The number of rotatable bonds is 6. The number of hydrogen-bond acceptors (Lipinski definition) is 6. The summed E-state index contributed by atoms with van der Waals surface area (Å²) < 4.78 is 61.0. The quantitative estimate of drug-likeness (QED) is 0.323. The van der Waals surface area contributed by atoms with Crippen molar-refractivity contribution >= 4 is 42.6 Å². The first-order valence-electron chi connectivity index (χ1n) is 11.8. The Balaban J connectivity index is 1.37. The smallest absolute Gasteiger partial charge is 0.245 e. The predicted molar refractivity (Wildman–Crippen MR) is 137 cm³/mol. The van der Waals surface area contributed by atoms with Crippen LogP contribution in [0.3, 0.4) is 0 Å². The van der Waals surface area contributed by atoms with Crippen molar-refractivity contribution in [2.45, 2.75) is 38.1 Å². The van der Waals surface area contributed by atoms with E-state index in [2.05, 4.69) is 6.07 Å². The topological polar surface area (TPSA) is 83.7 Å². The lowest BCUT2D eigenvalue weighted by molar-refractivity contribution is -0.123. The predicted octanol–water partition coefficient (Wildman–Crippen LogP) is 5.42. The van der Waals surface area contributed by atoms with Crippen molar-refractivity contribution in [2.24, 2.45) is 5.92 Å². The van der Waals surface area contributed by atoms with Gasteiger partial charge in [-0.3, -0.25) is 9.69 Å². The molecule has 0 N–H and O–H groups in total. The maximum absolute atomic E-state index is 14.2. The molecule has 2 aromatic heterocycles. The first kappa shape index (κ1) is 25.5. The zero-order valence-corrected chi connectivity index (χ0v) is 21.9. The third-order valence-corrected chi connectivity index (χ3v) is 9.67. The second-order valence-electron chi connectivity index (χ2n) is 9.16. The Bertz CT molecular complexity index is 1520. The van der Waals surface area contributed by atoms with Crippen molar-refractivity contribution in [3.05, 3.63) is 77.2 Å². The van der Waals surface area contributed by atoms with E-state index < -0.39 is 32.5 Å². The van der Waals surface area contributed by atoms with E-state index in [4.69, 9.17) is 9.40 Å². The van der Waals surface area contributed by atoms with Crippen LogP contribution in [0.25, 0.3) is 10.2 Å². The molecule has 0 radical (unpaired) electrons. The third kappa shape index (κ3) is 5.03. The Morgan fingerprint density at radius 1 is 1.14 bits per heavy atom. The molecule has 1 aliphatic heterocycles. The van der Waals surface area contributed by atoms with Gasteiger partial charge in [-0.2, -0.15) is 4.31 Å². The molecule has 1 amide bonds. The zero-order chi connectivity index (χ0) is 26.3. The van der Waals surface area contributed by atoms with E-state index in [0.717, 1.165) is 37.8 Å². The van der Waals surface area contributed by atoms with Gasteiger partial charge in [-0.1, -0.05) is 11.3 Å². The summed E-state index contributed by atoms with van der Waals surface area (Å²) in [4.78, 5) is 19.5. The molecule has 0 bridgehead atoms. The number of halogens is 2. The molecule has 0 saturated carbocycles. The van der Waals surface area contributed by atoms with Crippen LogP contribution in [0.4, 0.5) is 13.9 Å². The zero-order valence-electron chi connectivity index (χ0n) is 20.3. The average molecular weight is 546 g/mol. The lowest BCUT2D eigenvalue weighted by atomic mass is 9.96. The van der Waals surface area contributed by atoms with Crippen LogP contribution in [-0.4, -0.2) is 36.7 Å². The van der Waals surface area contributed by atoms with Crippen molar-refractivity contribution in [1.29, 1.82) is 0 Å². The van der Waals surface area contributed by atoms with Crippen LogP contribution in [0, 0.1) is 31.4 Å². The van der Waals surface area contributed by atoms with Gasteiger partial charge in [0.1, 0.15) is 22.3 Å². The van der Waals surface area contributed by atoms with E-state index in [0.29, 0.717) is 17.0 Å². The fraction of sp³-hybridized carbons (Fsp3) is 0.308. The molecule has 1 saturated heterocycles. The summed E-state index contributed by atoms with van der Waals surface area (Å²) in [7, 11) is -4.16. The number of anilines is 1. The highest BCUT2D eigenvalue weighted by atomic mass is 32.2. The monoisotopic (exact) mass is 545 g/mol. The van der Waals surface area contributed by atoms with Gasteiger partial charge in [0.2, 0.25) is 15.9 Å². The minimum absolute atomic E-state index is 0.0440. The second-order valence-corrected chi connectivity index (χ2v) is 12.1. The van der Waals surface area contributed by atoms with Crippen molar-refractivity contribution < 1.29 is 26.4 Å². The number of benzene rings is 2. The fourth-order valence-corrected chi connectivity index (χ4v) is 7.03. The highest BCUT2D eigenvalue weighted by Gasteiger charge is 2.36. The van der Waals surface area contributed by atoms with Gasteiger partial charge in [-0.25, -0.2) is 22.2 Å². The van der Waals surface area contributed by atoms with Gasteiger partial charge in [0, 0.05) is 25.1 Å². The number of aromatic nitrogens is 1. The van der Waals surface area contributed by atoms with Crippen LogP contribution in [0.1, 0.15) is 29.7 Å². The maximum atomic E-state index is 14.2. The molecule has 7 nitrogen and oxygen atoms in total. The molecule has 37 heavy (non-hydrogen) atoms. The van der Waals surface area contributed by atoms with E-state index in [-0.39, 0.29) is 38.4 Å². The van der Waals surface area contributed by atoms with E-state index in [1.54, 1.807) is 23.3 Å². The minimum Gasteiger partial charge on any atom is -0.467 e. The van der Waals surface area contributed by atoms with Gasteiger partial charge in [-0.05, 0) is 74.2 Å². The molecule has 0 atom stereocenters.